The molecule has 0 radical (unpaired) electrons. The Kier molecular flexibility index (Phi) is 11.7. The van der Waals surface area contributed by atoms with Crippen LogP contribution in [-0.4, -0.2) is 64.4 Å². The van der Waals surface area contributed by atoms with Crippen LogP contribution in [0.3, 0.4) is 0 Å². The molecule has 0 bridgehead atoms. The zero-order valence-electron chi connectivity index (χ0n) is 28.3. The van der Waals surface area contributed by atoms with E-state index < -0.39 is 12.2 Å². The fraction of sp³-hybridized carbons (Fsp3) is 0.275. The lowest BCUT2D eigenvalue weighted by atomic mass is 10.0. The van der Waals surface area contributed by atoms with Crippen LogP contribution in [0.1, 0.15) is 42.1 Å². The molecule has 1 aliphatic heterocycles. The van der Waals surface area contributed by atoms with E-state index in [4.69, 9.17) is 4.74 Å². The highest BCUT2D eigenvalue weighted by molar-refractivity contribution is 5.91. The Balaban J connectivity index is 0.885. The Labute approximate surface area is 296 Å². The number of aromatic nitrogens is 1. The molecule has 6 rings (SSSR count). The molecule has 2 amide bonds. The van der Waals surface area contributed by atoms with Crippen molar-refractivity contribution >= 4 is 28.6 Å². The monoisotopic (exact) mass is 689 g/mol. The number of nitrogens with zero attached hydrogens (tertiary/aromatic N) is 1. The minimum atomic E-state index is -0.854. The fourth-order valence-electron chi connectivity index (χ4n) is 6.41. The summed E-state index contributed by atoms with van der Waals surface area (Å²) in [7, 11) is 0. The first-order chi connectivity index (χ1) is 24.8. The molecular formula is C40H43N5O6. The average molecular weight is 690 g/mol. The number of hydrogen-bond donors (Lipinski definition) is 6. The van der Waals surface area contributed by atoms with Gasteiger partial charge in [-0.05, 0) is 53.3 Å². The van der Waals surface area contributed by atoms with E-state index in [0.29, 0.717) is 61.1 Å². The number of aromatic hydroxyl groups is 1. The van der Waals surface area contributed by atoms with Crippen LogP contribution in [0.4, 0.5) is 10.5 Å². The molecule has 2 heterocycles. The minimum absolute atomic E-state index is 0.0287. The molecule has 1 saturated heterocycles. The Bertz CT molecular complexity index is 2010. The third kappa shape index (κ3) is 9.61. The minimum Gasteiger partial charge on any atom is -0.506 e. The summed E-state index contributed by atoms with van der Waals surface area (Å²) in [6.45, 7) is 3.31. The molecule has 1 atom stereocenters. The summed E-state index contributed by atoms with van der Waals surface area (Å²) >= 11 is 0. The number of phenolic OH excluding ortho intramolecular Hbond substituents is 1. The van der Waals surface area contributed by atoms with Gasteiger partial charge < -0.3 is 35.5 Å². The molecule has 1 aromatic heterocycles. The molecule has 1 fully saturated rings. The zero-order chi connectivity index (χ0) is 35.6. The highest BCUT2D eigenvalue weighted by Crippen LogP contribution is 2.29. The molecular weight excluding hydrogens is 646 g/mol. The molecule has 5 aromatic rings. The van der Waals surface area contributed by atoms with Crippen LogP contribution in [0.5, 0.6) is 5.75 Å². The van der Waals surface area contributed by atoms with Crippen molar-refractivity contribution in [3.63, 3.8) is 0 Å². The van der Waals surface area contributed by atoms with Gasteiger partial charge in [-0.1, -0.05) is 78.9 Å². The van der Waals surface area contributed by atoms with Gasteiger partial charge in [0.2, 0.25) is 11.5 Å². The number of nitrogens with one attached hydrogen (secondary N) is 4. The topological polar surface area (TPSA) is 156 Å². The number of amides is 2. The lowest BCUT2D eigenvalue weighted by Gasteiger charge is -2.31. The molecule has 51 heavy (non-hydrogen) atoms. The number of fused-ring (bicyclic) bond motifs is 1. The number of benzene rings is 4. The molecule has 0 unspecified atom stereocenters. The summed E-state index contributed by atoms with van der Waals surface area (Å²) < 4.78 is 5.74. The van der Waals surface area contributed by atoms with Gasteiger partial charge in [0, 0.05) is 62.7 Å². The number of phenols is 1. The number of piperidine rings is 1. The molecule has 6 N–H and O–H groups in total. The van der Waals surface area contributed by atoms with Gasteiger partial charge in [0.1, 0.15) is 11.9 Å². The number of carbonyl (C=O) groups excluding carboxylic acids is 2. The van der Waals surface area contributed by atoms with Crippen LogP contribution in [0, 0.1) is 0 Å². The number of carbonyl (C=O) groups is 2. The predicted octanol–water partition coefficient (Wildman–Crippen LogP) is 5.44. The predicted molar refractivity (Wildman–Crippen MR) is 197 cm³/mol. The van der Waals surface area contributed by atoms with Crippen molar-refractivity contribution in [1.82, 2.24) is 20.5 Å². The third-order valence-corrected chi connectivity index (χ3v) is 9.13. The number of anilines is 1. The Morgan fingerprint density at radius 3 is 2.43 bits per heavy atom. The summed E-state index contributed by atoms with van der Waals surface area (Å²) in [4.78, 5) is 41.9. The number of H-pyrrole nitrogens is 1. The van der Waals surface area contributed by atoms with Gasteiger partial charge in [-0.3, -0.25) is 14.9 Å². The molecule has 4 aromatic carbocycles. The van der Waals surface area contributed by atoms with Gasteiger partial charge in [0.25, 0.3) is 0 Å². The number of likely N-dealkylation sites (tertiary alicyclic amines) is 1. The van der Waals surface area contributed by atoms with E-state index in [2.05, 4.69) is 25.8 Å². The van der Waals surface area contributed by atoms with Gasteiger partial charge in [0.15, 0.2) is 0 Å². The first-order valence-corrected chi connectivity index (χ1v) is 17.2. The second-order valence-electron chi connectivity index (χ2n) is 12.8. The lowest BCUT2D eigenvalue weighted by Crippen LogP contribution is -2.40. The van der Waals surface area contributed by atoms with Crippen molar-refractivity contribution < 1.29 is 24.5 Å². The Hall–Kier alpha value is -5.49. The van der Waals surface area contributed by atoms with E-state index in [1.54, 1.807) is 12.1 Å². The highest BCUT2D eigenvalue weighted by Gasteiger charge is 2.23. The third-order valence-electron chi connectivity index (χ3n) is 9.13. The van der Waals surface area contributed by atoms with Gasteiger partial charge in [0.05, 0.1) is 17.3 Å². The van der Waals surface area contributed by atoms with Crippen molar-refractivity contribution in [3.8, 4) is 16.9 Å². The quantitative estimate of drug-likeness (QED) is 0.0955. The number of ether oxygens (including phenoxy) is 1. The average Bonchev–Trinajstić information content (AvgIpc) is 3.15. The molecule has 0 saturated carbocycles. The molecule has 1 aliphatic rings. The summed E-state index contributed by atoms with van der Waals surface area (Å²) in [5, 5.41) is 30.7. The van der Waals surface area contributed by atoms with Crippen LogP contribution < -0.4 is 21.5 Å². The van der Waals surface area contributed by atoms with Gasteiger partial charge in [-0.15, -0.1) is 0 Å². The van der Waals surface area contributed by atoms with E-state index >= 15 is 0 Å². The first-order valence-electron chi connectivity index (χ1n) is 17.2. The van der Waals surface area contributed by atoms with Crippen LogP contribution in [0.2, 0.25) is 0 Å². The van der Waals surface area contributed by atoms with E-state index in [1.807, 2.05) is 78.9 Å². The van der Waals surface area contributed by atoms with Crippen LogP contribution in [0.25, 0.3) is 22.0 Å². The maximum atomic E-state index is 12.7. The van der Waals surface area contributed by atoms with Gasteiger partial charge in [-0.25, -0.2) is 4.79 Å². The van der Waals surface area contributed by atoms with Gasteiger partial charge in [-0.2, -0.15) is 0 Å². The number of hydrogen-bond acceptors (Lipinski definition) is 8. The largest absolute Gasteiger partial charge is 0.506 e. The zero-order valence-corrected chi connectivity index (χ0v) is 28.3. The van der Waals surface area contributed by atoms with Crippen LogP contribution in [0.15, 0.2) is 108 Å². The van der Waals surface area contributed by atoms with Crippen LogP contribution >= 0.6 is 0 Å². The number of aromatic amines is 1. The van der Waals surface area contributed by atoms with E-state index in [9.17, 15) is 24.6 Å². The number of aliphatic hydroxyl groups excluding tert-OH is 1. The fourth-order valence-corrected chi connectivity index (χ4v) is 6.41. The van der Waals surface area contributed by atoms with Crippen molar-refractivity contribution in [2.24, 2.45) is 0 Å². The second-order valence-corrected chi connectivity index (χ2v) is 12.8. The highest BCUT2D eigenvalue weighted by atomic mass is 16.6. The van der Waals surface area contributed by atoms with Crippen molar-refractivity contribution in [1.29, 1.82) is 0 Å². The van der Waals surface area contributed by atoms with E-state index in [1.165, 1.54) is 12.1 Å². The standard InChI is InChI=1S/C40H43N5O6/c46-35-15-13-32(33-14-16-38(49)44-39(33)35)36(47)26-41-24-27-7-6-8-28(23-27)25-42-37(48)19-22-45-20-17-30(18-21-45)51-40(50)43-34-12-5-4-11-31(34)29-9-2-1-3-10-29/h1-16,23,30,36,41,46-47H,17-22,24-26H2,(H,42,48)(H,43,50)(H,44,49)/t36-/m0/s1. The number of aliphatic hydroxyl groups is 1. The molecule has 0 aliphatic carbocycles. The van der Waals surface area contributed by atoms with E-state index in [0.717, 1.165) is 35.3 Å². The summed E-state index contributed by atoms with van der Waals surface area (Å²) in [6, 6.07) is 31.5. The van der Waals surface area contributed by atoms with E-state index in [-0.39, 0.29) is 29.9 Å². The van der Waals surface area contributed by atoms with Crippen molar-refractivity contribution in [3.05, 3.63) is 130 Å². The maximum absolute atomic E-state index is 12.7. The molecule has 264 valence electrons. The van der Waals surface area contributed by atoms with Crippen molar-refractivity contribution in [2.75, 3.05) is 31.5 Å². The SMILES string of the molecule is O=C(CCN1CCC(OC(=O)Nc2ccccc2-c2ccccc2)CC1)NCc1cccc(CNC[C@H](O)c2ccc(O)c3[nH]c(=O)ccc23)c1. The molecule has 11 nitrogen and oxygen atoms in total. The Morgan fingerprint density at radius 1 is 0.882 bits per heavy atom. The normalized spacial score (nSPS) is 14.2. The summed E-state index contributed by atoms with van der Waals surface area (Å²) in [6.07, 6.45) is 0.299. The van der Waals surface area contributed by atoms with Crippen LogP contribution in [-0.2, 0) is 22.6 Å². The number of pyridine rings is 1. The van der Waals surface area contributed by atoms with Crippen molar-refractivity contribution in [2.45, 2.75) is 44.6 Å². The lowest BCUT2D eigenvalue weighted by molar-refractivity contribution is -0.121. The summed E-state index contributed by atoms with van der Waals surface area (Å²) in [5.74, 6) is -0.0788. The smallest absolute Gasteiger partial charge is 0.411 e. The second kappa shape index (κ2) is 16.9. The molecule has 0 spiro atoms. The number of para-hydroxylation sites is 1. The number of rotatable bonds is 13. The molecule has 11 heteroatoms. The first kappa shape index (κ1) is 35.3. The maximum Gasteiger partial charge on any atom is 0.411 e. The Morgan fingerprint density at radius 2 is 1.63 bits per heavy atom. The summed E-state index contributed by atoms with van der Waals surface area (Å²) in [5.41, 5.74) is 5.21. The van der Waals surface area contributed by atoms with Gasteiger partial charge >= 0.3 is 6.09 Å².